The van der Waals surface area contributed by atoms with Crippen LogP contribution in [0.1, 0.15) is 19.4 Å². The van der Waals surface area contributed by atoms with Crippen molar-refractivity contribution in [3.8, 4) is 23.6 Å². The van der Waals surface area contributed by atoms with Crippen molar-refractivity contribution in [3.63, 3.8) is 0 Å². The minimum atomic E-state index is -0.314. The molecule has 0 atom stereocenters. The van der Waals surface area contributed by atoms with Crippen molar-refractivity contribution >= 4 is 0 Å². The first kappa shape index (κ1) is 12.4. The predicted molar refractivity (Wildman–Crippen MR) is 73.8 cm³/mol. The average Bonchev–Trinajstić information content (AvgIpc) is 2.86. The summed E-state index contributed by atoms with van der Waals surface area (Å²) in [6.45, 7) is 4.66. The molecular weight excluding hydrogens is 222 g/mol. The molecule has 0 saturated heterocycles. The fourth-order valence-corrected chi connectivity index (χ4v) is 1.67. The molecule has 0 aliphatic carbocycles. The van der Waals surface area contributed by atoms with Crippen molar-refractivity contribution in [2.75, 3.05) is 0 Å². The molecule has 1 heterocycles. The van der Waals surface area contributed by atoms with E-state index in [1.807, 2.05) is 38.2 Å². The summed E-state index contributed by atoms with van der Waals surface area (Å²) >= 11 is 0. The van der Waals surface area contributed by atoms with Crippen LogP contribution in [0.3, 0.4) is 0 Å². The maximum Gasteiger partial charge on any atom is 0.0743 e. The molecule has 2 N–H and O–H groups in total. The number of nitrogens with one attached hydrogen (secondary N) is 2. The lowest BCUT2D eigenvalue weighted by Crippen LogP contribution is -2.36. The van der Waals surface area contributed by atoms with Crippen LogP contribution in [0.25, 0.3) is 11.3 Å². The molecule has 0 amide bonds. The molecule has 1 aromatic heterocycles. The lowest BCUT2D eigenvalue weighted by molar-refractivity contribution is 0.491. The minimum Gasteiger partial charge on any atom is -0.297 e. The molecule has 0 aliphatic heterocycles. The van der Waals surface area contributed by atoms with E-state index in [1.54, 1.807) is 0 Å². The Morgan fingerprint density at radius 3 is 2.72 bits per heavy atom. The van der Waals surface area contributed by atoms with E-state index < -0.39 is 0 Å². The van der Waals surface area contributed by atoms with Gasteiger partial charge in [0.15, 0.2) is 0 Å². The molecule has 92 valence electrons. The number of hydrogen-bond acceptors (Lipinski definition) is 2. The second-order valence-electron chi connectivity index (χ2n) is 4.76. The number of terminal acetylenes is 1. The Bertz CT molecular complexity index is 547. The van der Waals surface area contributed by atoms with Gasteiger partial charge in [-0.25, -0.2) is 0 Å². The number of aromatic amines is 1. The van der Waals surface area contributed by atoms with Crippen LogP contribution in [-0.2, 0) is 6.54 Å². The van der Waals surface area contributed by atoms with E-state index in [0.29, 0.717) is 6.54 Å². The first-order chi connectivity index (χ1) is 8.62. The van der Waals surface area contributed by atoms with E-state index in [9.17, 15) is 0 Å². The number of aromatic nitrogens is 2. The zero-order valence-electron chi connectivity index (χ0n) is 10.7. The lowest BCUT2D eigenvalue weighted by Gasteiger charge is -2.19. The van der Waals surface area contributed by atoms with Crippen molar-refractivity contribution in [3.05, 3.63) is 42.1 Å². The molecule has 0 radical (unpaired) electrons. The van der Waals surface area contributed by atoms with Crippen molar-refractivity contribution in [2.24, 2.45) is 0 Å². The SMILES string of the molecule is C#CC(C)(C)NCc1cn[nH]c1-c1ccccc1. The highest BCUT2D eigenvalue weighted by molar-refractivity contribution is 5.62. The second kappa shape index (κ2) is 5.07. The zero-order chi connectivity index (χ0) is 13.0. The third kappa shape index (κ3) is 2.79. The molecule has 3 nitrogen and oxygen atoms in total. The van der Waals surface area contributed by atoms with Crippen LogP contribution in [0.15, 0.2) is 36.5 Å². The maximum absolute atomic E-state index is 5.46. The number of nitrogens with zero attached hydrogens (tertiary/aromatic N) is 1. The van der Waals surface area contributed by atoms with Gasteiger partial charge in [0.05, 0.1) is 17.4 Å². The van der Waals surface area contributed by atoms with Gasteiger partial charge in [0.2, 0.25) is 0 Å². The van der Waals surface area contributed by atoms with Crippen molar-refractivity contribution in [1.29, 1.82) is 0 Å². The van der Waals surface area contributed by atoms with Gasteiger partial charge < -0.3 is 0 Å². The van der Waals surface area contributed by atoms with Gasteiger partial charge in [0.25, 0.3) is 0 Å². The quantitative estimate of drug-likeness (QED) is 0.805. The highest BCUT2D eigenvalue weighted by Crippen LogP contribution is 2.20. The van der Waals surface area contributed by atoms with Crippen LogP contribution in [0.4, 0.5) is 0 Å². The first-order valence-electron chi connectivity index (χ1n) is 5.93. The van der Waals surface area contributed by atoms with Gasteiger partial charge in [-0.2, -0.15) is 5.10 Å². The Hall–Kier alpha value is -2.05. The lowest BCUT2D eigenvalue weighted by atomic mass is 10.0. The highest BCUT2D eigenvalue weighted by Gasteiger charge is 2.14. The molecule has 1 aromatic carbocycles. The third-order valence-corrected chi connectivity index (χ3v) is 2.86. The van der Waals surface area contributed by atoms with Crippen LogP contribution < -0.4 is 5.32 Å². The largest absolute Gasteiger partial charge is 0.297 e. The number of benzene rings is 1. The zero-order valence-corrected chi connectivity index (χ0v) is 10.7. The van der Waals surface area contributed by atoms with Gasteiger partial charge in [-0.15, -0.1) is 6.42 Å². The Kier molecular flexibility index (Phi) is 3.50. The summed E-state index contributed by atoms with van der Waals surface area (Å²) in [6, 6.07) is 10.1. The summed E-state index contributed by atoms with van der Waals surface area (Å²) in [5, 5.41) is 10.5. The Morgan fingerprint density at radius 2 is 2.06 bits per heavy atom. The second-order valence-corrected chi connectivity index (χ2v) is 4.76. The van der Waals surface area contributed by atoms with Crippen LogP contribution >= 0.6 is 0 Å². The van der Waals surface area contributed by atoms with Crippen LogP contribution in [-0.4, -0.2) is 15.7 Å². The van der Waals surface area contributed by atoms with Gasteiger partial charge in [-0.1, -0.05) is 36.3 Å². The van der Waals surface area contributed by atoms with Crippen LogP contribution in [0.2, 0.25) is 0 Å². The van der Waals surface area contributed by atoms with E-state index >= 15 is 0 Å². The molecular formula is C15H17N3. The molecule has 0 spiro atoms. The maximum atomic E-state index is 5.46. The molecule has 0 unspecified atom stereocenters. The Balaban J connectivity index is 2.17. The number of hydrogen-bond donors (Lipinski definition) is 2. The molecule has 0 bridgehead atoms. The fourth-order valence-electron chi connectivity index (χ4n) is 1.67. The molecule has 18 heavy (non-hydrogen) atoms. The Labute approximate surface area is 108 Å². The summed E-state index contributed by atoms with van der Waals surface area (Å²) in [6.07, 6.45) is 7.29. The molecule has 2 rings (SSSR count). The average molecular weight is 239 g/mol. The van der Waals surface area contributed by atoms with Gasteiger partial charge in [0, 0.05) is 12.1 Å². The van der Waals surface area contributed by atoms with E-state index in [1.165, 1.54) is 0 Å². The number of H-pyrrole nitrogens is 1. The van der Waals surface area contributed by atoms with Crippen molar-refractivity contribution < 1.29 is 0 Å². The fraction of sp³-hybridized carbons (Fsp3) is 0.267. The predicted octanol–water partition coefficient (Wildman–Crippen LogP) is 2.58. The van der Waals surface area contributed by atoms with Crippen LogP contribution in [0.5, 0.6) is 0 Å². The molecule has 2 aromatic rings. The monoisotopic (exact) mass is 239 g/mol. The molecule has 3 heteroatoms. The van der Waals surface area contributed by atoms with Gasteiger partial charge >= 0.3 is 0 Å². The topological polar surface area (TPSA) is 40.7 Å². The minimum absolute atomic E-state index is 0.314. The van der Waals surface area contributed by atoms with E-state index in [4.69, 9.17) is 6.42 Å². The van der Waals surface area contributed by atoms with Crippen LogP contribution in [0, 0.1) is 12.3 Å². The number of rotatable bonds is 4. The third-order valence-electron chi connectivity index (χ3n) is 2.86. The Morgan fingerprint density at radius 1 is 1.33 bits per heavy atom. The van der Waals surface area contributed by atoms with Crippen molar-refractivity contribution in [2.45, 2.75) is 25.9 Å². The van der Waals surface area contributed by atoms with Gasteiger partial charge in [0.1, 0.15) is 0 Å². The van der Waals surface area contributed by atoms with Gasteiger partial charge in [-0.05, 0) is 19.4 Å². The summed E-state index contributed by atoms with van der Waals surface area (Å²) in [5.74, 6) is 2.72. The van der Waals surface area contributed by atoms with Gasteiger partial charge in [-0.3, -0.25) is 10.4 Å². The van der Waals surface area contributed by atoms with Crippen molar-refractivity contribution in [1.82, 2.24) is 15.5 Å². The standard InChI is InChI=1S/C15H17N3/c1-4-15(2,3)16-10-13-11-17-18-14(13)12-8-6-5-7-9-12/h1,5-9,11,16H,10H2,2-3H3,(H,17,18). The molecule has 0 aliphatic rings. The summed E-state index contributed by atoms with van der Waals surface area (Å²) in [4.78, 5) is 0. The first-order valence-corrected chi connectivity index (χ1v) is 5.93. The highest BCUT2D eigenvalue weighted by atomic mass is 15.1. The van der Waals surface area contributed by atoms with E-state index in [-0.39, 0.29) is 5.54 Å². The van der Waals surface area contributed by atoms with E-state index in [0.717, 1.165) is 16.8 Å². The summed E-state index contributed by atoms with van der Waals surface area (Å²) < 4.78 is 0. The van der Waals surface area contributed by atoms with E-state index in [2.05, 4.69) is 33.6 Å². The summed E-state index contributed by atoms with van der Waals surface area (Å²) in [5.41, 5.74) is 2.97. The molecule has 0 fully saturated rings. The smallest absolute Gasteiger partial charge is 0.0743 e. The summed E-state index contributed by atoms with van der Waals surface area (Å²) in [7, 11) is 0. The normalized spacial score (nSPS) is 11.2. The molecule has 0 saturated carbocycles.